The molecule has 0 radical (unpaired) electrons. The van der Waals surface area contributed by atoms with Crippen LogP contribution in [0.4, 0.5) is 0 Å². The SMILES string of the molecule is C(#Cc1ccccc1)c1ccccc1.C(#Cc1ccccc1)c1ccccc1.C(#Cc1ccccc1)c1ccccc1.[C-]#[O+].[W]. The third kappa shape index (κ3) is 15.5. The van der Waals surface area contributed by atoms with Gasteiger partial charge in [0.05, 0.1) is 0 Å². The molecule has 0 saturated heterocycles. The summed E-state index contributed by atoms with van der Waals surface area (Å²) in [6.45, 7) is 4.50. The smallest absolute Gasteiger partial charge is 0 e. The van der Waals surface area contributed by atoms with Gasteiger partial charge >= 0.3 is 11.3 Å². The molecule has 0 aliphatic carbocycles. The van der Waals surface area contributed by atoms with Gasteiger partial charge in [0.2, 0.25) is 0 Å². The fourth-order valence-corrected chi connectivity index (χ4v) is 3.56. The summed E-state index contributed by atoms with van der Waals surface area (Å²) in [6.07, 6.45) is 0. The molecule has 2 heteroatoms. The Balaban J connectivity index is 0.000000226. The van der Waals surface area contributed by atoms with Crippen LogP contribution >= 0.6 is 0 Å². The first kappa shape index (κ1) is 35.6. The van der Waals surface area contributed by atoms with E-state index in [0.717, 1.165) is 33.4 Å². The van der Waals surface area contributed by atoms with Crippen molar-refractivity contribution >= 4 is 0 Å². The molecule has 0 saturated carbocycles. The molecule has 0 aliphatic rings. The topological polar surface area (TPSA) is 19.9 Å². The second-order valence-electron chi connectivity index (χ2n) is 8.95. The molecule has 0 aromatic heterocycles. The molecule has 0 aliphatic heterocycles. The van der Waals surface area contributed by atoms with E-state index in [1.54, 1.807) is 0 Å². The van der Waals surface area contributed by atoms with E-state index in [-0.39, 0.29) is 21.1 Å². The third-order valence-electron chi connectivity index (χ3n) is 5.70. The van der Waals surface area contributed by atoms with Gasteiger partial charge in [0.25, 0.3) is 0 Å². The van der Waals surface area contributed by atoms with Crippen LogP contribution in [0.15, 0.2) is 182 Å². The Labute approximate surface area is 282 Å². The van der Waals surface area contributed by atoms with Crippen molar-refractivity contribution in [2.75, 3.05) is 0 Å². The fraction of sp³-hybridized carbons (Fsp3) is 0. The van der Waals surface area contributed by atoms with Gasteiger partial charge in [0, 0.05) is 54.4 Å². The molecule has 1 nitrogen and oxygen atoms in total. The predicted octanol–water partition coefficient (Wildman–Crippen LogP) is 9.22. The second kappa shape index (κ2) is 23.0. The van der Waals surface area contributed by atoms with E-state index in [2.05, 4.69) is 42.2 Å². The summed E-state index contributed by atoms with van der Waals surface area (Å²) < 4.78 is 7.50. The summed E-state index contributed by atoms with van der Waals surface area (Å²) in [5, 5.41) is 0. The molecule has 6 aromatic carbocycles. The maximum absolute atomic E-state index is 7.50. The Kier molecular flexibility index (Phi) is 18.2. The van der Waals surface area contributed by atoms with Crippen LogP contribution in [0.5, 0.6) is 0 Å². The standard InChI is InChI=1S/3C14H10.CO.W/c3*1-3-7-13(8-4-1)11-12-14-9-5-2-6-10-14;1-2;/h3*1-10H;;. The predicted molar refractivity (Wildman–Crippen MR) is 181 cm³/mol. The molecule has 0 heterocycles. The molecule has 6 aromatic rings. The van der Waals surface area contributed by atoms with Crippen LogP contribution < -0.4 is 0 Å². The minimum Gasteiger partial charge on any atom is 0 e. The molecule has 0 bridgehead atoms. The van der Waals surface area contributed by atoms with Gasteiger partial charge in [-0.05, 0) is 72.8 Å². The first-order valence-corrected chi connectivity index (χ1v) is 13.9. The molecule has 0 spiro atoms. The summed E-state index contributed by atoms with van der Waals surface area (Å²) in [5.41, 5.74) is 6.31. The average Bonchev–Trinajstić information content (AvgIpc) is 3.13. The Bertz CT molecular complexity index is 1480. The third-order valence-corrected chi connectivity index (χ3v) is 5.70. The zero-order valence-corrected chi connectivity index (χ0v) is 27.6. The first-order valence-electron chi connectivity index (χ1n) is 13.9. The zero-order valence-electron chi connectivity index (χ0n) is 24.6. The van der Waals surface area contributed by atoms with E-state index in [4.69, 9.17) is 4.65 Å². The van der Waals surface area contributed by atoms with Gasteiger partial charge in [-0.15, -0.1) is 0 Å². The summed E-state index contributed by atoms with van der Waals surface area (Å²) in [6, 6.07) is 60.0. The summed E-state index contributed by atoms with van der Waals surface area (Å²) in [7, 11) is 0. The summed E-state index contributed by atoms with van der Waals surface area (Å²) >= 11 is 0. The molecule has 0 amide bonds. The van der Waals surface area contributed by atoms with Gasteiger partial charge in [0.15, 0.2) is 0 Å². The molecule has 0 unspecified atom stereocenters. The minimum absolute atomic E-state index is 0. The molecule has 6 rings (SSSR count). The van der Waals surface area contributed by atoms with E-state index in [1.807, 2.05) is 182 Å². The van der Waals surface area contributed by atoms with Crippen LogP contribution in [0, 0.1) is 42.2 Å². The normalized spacial score (nSPS) is 8.31. The van der Waals surface area contributed by atoms with E-state index < -0.39 is 0 Å². The van der Waals surface area contributed by atoms with Gasteiger partial charge in [-0.2, -0.15) is 0 Å². The first-order chi connectivity index (χ1) is 21.8. The van der Waals surface area contributed by atoms with Crippen LogP contribution in [-0.4, -0.2) is 0 Å². The van der Waals surface area contributed by atoms with Crippen LogP contribution in [0.3, 0.4) is 0 Å². The van der Waals surface area contributed by atoms with Gasteiger partial charge in [-0.1, -0.05) is 145 Å². The van der Waals surface area contributed by atoms with Crippen LogP contribution in [0.25, 0.3) is 0 Å². The van der Waals surface area contributed by atoms with Crippen molar-refractivity contribution < 1.29 is 25.7 Å². The van der Waals surface area contributed by atoms with Gasteiger partial charge < -0.3 is 0 Å². The van der Waals surface area contributed by atoms with E-state index in [9.17, 15) is 0 Å². The van der Waals surface area contributed by atoms with Crippen molar-refractivity contribution in [2.45, 2.75) is 0 Å². The Morgan fingerprint density at radius 1 is 0.244 bits per heavy atom. The van der Waals surface area contributed by atoms with E-state index in [1.165, 1.54) is 0 Å². The Morgan fingerprint density at radius 3 is 0.467 bits per heavy atom. The van der Waals surface area contributed by atoms with Crippen LogP contribution in [0.1, 0.15) is 33.4 Å². The molecule has 45 heavy (non-hydrogen) atoms. The zero-order chi connectivity index (χ0) is 30.9. The molecule has 0 fully saturated rings. The summed E-state index contributed by atoms with van der Waals surface area (Å²) in [5.74, 6) is 18.7. The van der Waals surface area contributed by atoms with Gasteiger partial charge in [-0.3, -0.25) is 0 Å². The van der Waals surface area contributed by atoms with Crippen molar-refractivity contribution in [3.63, 3.8) is 0 Å². The average molecular weight is 747 g/mol. The number of rotatable bonds is 0. The maximum Gasteiger partial charge on any atom is 0 e. The van der Waals surface area contributed by atoms with E-state index in [0.29, 0.717) is 0 Å². The molecular formula is C43H30OW. The van der Waals surface area contributed by atoms with Gasteiger partial charge in [-0.25, -0.2) is 0 Å². The van der Waals surface area contributed by atoms with Crippen LogP contribution in [-0.2, 0) is 25.7 Å². The van der Waals surface area contributed by atoms with Gasteiger partial charge in [0.1, 0.15) is 0 Å². The second-order valence-corrected chi connectivity index (χ2v) is 8.95. The molecule has 0 N–H and O–H groups in total. The fourth-order valence-electron chi connectivity index (χ4n) is 3.56. The Morgan fingerprint density at radius 2 is 0.356 bits per heavy atom. The molecule has 214 valence electrons. The quantitative estimate of drug-likeness (QED) is 0.0840. The van der Waals surface area contributed by atoms with E-state index >= 15 is 0 Å². The maximum atomic E-state index is 7.50. The van der Waals surface area contributed by atoms with Crippen molar-refractivity contribution in [1.29, 1.82) is 0 Å². The van der Waals surface area contributed by atoms with Crippen molar-refractivity contribution in [3.8, 4) is 35.5 Å². The summed E-state index contributed by atoms with van der Waals surface area (Å²) in [4.78, 5) is 0. The Hall–Kier alpha value is -5.57. The number of benzene rings is 6. The monoisotopic (exact) mass is 746 g/mol. The number of hydrogen-bond donors (Lipinski definition) is 0. The van der Waals surface area contributed by atoms with Crippen molar-refractivity contribution in [3.05, 3.63) is 222 Å². The molecule has 0 atom stereocenters. The minimum atomic E-state index is 0. The molecular weight excluding hydrogens is 716 g/mol. The largest absolute Gasteiger partial charge is 0 e. The van der Waals surface area contributed by atoms with Crippen molar-refractivity contribution in [1.82, 2.24) is 0 Å². The van der Waals surface area contributed by atoms with Crippen molar-refractivity contribution in [2.24, 2.45) is 0 Å². The van der Waals surface area contributed by atoms with Crippen LogP contribution in [0.2, 0.25) is 0 Å². The number of hydrogen-bond acceptors (Lipinski definition) is 0.